The normalized spacial score (nSPS) is 12.0. The molecule has 0 bridgehead atoms. The highest BCUT2D eigenvalue weighted by molar-refractivity contribution is 5.85. The predicted octanol–water partition coefficient (Wildman–Crippen LogP) is 6.57. The summed E-state index contributed by atoms with van der Waals surface area (Å²) in [6.45, 7) is 14.5. The van der Waals surface area contributed by atoms with Gasteiger partial charge in [-0.1, -0.05) is 91.3 Å². The third-order valence-electron chi connectivity index (χ3n) is 5.81. The Hall–Kier alpha value is -2.62. The number of ether oxygens (including phenoxy) is 1. The summed E-state index contributed by atoms with van der Waals surface area (Å²) in [6, 6.07) is 12.2. The Bertz CT molecular complexity index is 922. The highest BCUT2D eigenvalue weighted by Crippen LogP contribution is 2.40. The standard InChI is InChI=1S/C29H40O4/c1-8-9-20-10-12-21(13-11-20)14-16-25(30)33-26(31)17-15-22-18-23(28(2,3)4)27(32)24(19-22)29(5,6)7/h10-13,18-19,32H,8-9,14-17H2,1-7H3. The van der Waals surface area contributed by atoms with Crippen molar-refractivity contribution in [2.24, 2.45) is 0 Å². The van der Waals surface area contributed by atoms with Crippen molar-refractivity contribution in [1.82, 2.24) is 0 Å². The van der Waals surface area contributed by atoms with Gasteiger partial charge in [0.05, 0.1) is 12.8 Å². The van der Waals surface area contributed by atoms with Gasteiger partial charge in [-0.25, -0.2) is 0 Å². The molecule has 2 rings (SSSR count). The van der Waals surface area contributed by atoms with E-state index in [1.54, 1.807) is 0 Å². The summed E-state index contributed by atoms with van der Waals surface area (Å²) in [7, 11) is 0. The van der Waals surface area contributed by atoms with Crippen LogP contribution in [-0.2, 0) is 44.4 Å². The predicted molar refractivity (Wildman–Crippen MR) is 134 cm³/mol. The van der Waals surface area contributed by atoms with Crippen molar-refractivity contribution >= 4 is 11.9 Å². The van der Waals surface area contributed by atoms with E-state index in [1.807, 2.05) is 24.3 Å². The van der Waals surface area contributed by atoms with Gasteiger partial charge < -0.3 is 9.84 Å². The third kappa shape index (κ3) is 8.03. The number of esters is 2. The molecule has 0 aromatic heterocycles. The van der Waals surface area contributed by atoms with Crippen molar-refractivity contribution in [3.8, 4) is 5.75 Å². The molecular weight excluding hydrogens is 412 g/mol. The summed E-state index contributed by atoms with van der Waals surface area (Å²) >= 11 is 0. The first-order valence-corrected chi connectivity index (χ1v) is 12.0. The molecule has 0 saturated heterocycles. The van der Waals surface area contributed by atoms with Crippen LogP contribution in [0.15, 0.2) is 36.4 Å². The van der Waals surface area contributed by atoms with E-state index in [1.165, 1.54) is 5.56 Å². The maximum absolute atomic E-state index is 12.3. The molecule has 0 fully saturated rings. The zero-order chi connectivity index (χ0) is 24.8. The van der Waals surface area contributed by atoms with Crippen molar-refractivity contribution in [2.75, 3.05) is 0 Å². The van der Waals surface area contributed by atoms with Crippen LogP contribution in [0.5, 0.6) is 5.75 Å². The van der Waals surface area contributed by atoms with E-state index in [2.05, 4.69) is 60.6 Å². The number of phenolic OH excluding ortho intramolecular Hbond substituents is 1. The fraction of sp³-hybridized carbons (Fsp3) is 0.517. The SMILES string of the molecule is CCCc1ccc(CCC(=O)OC(=O)CCc2cc(C(C)(C)C)c(O)c(C(C)(C)C)c2)cc1. The van der Waals surface area contributed by atoms with Crippen molar-refractivity contribution in [3.63, 3.8) is 0 Å². The van der Waals surface area contributed by atoms with Gasteiger partial charge in [0.25, 0.3) is 0 Å². The molecule has 0 spiro atoms. The van der Waals surface area contributed by atoms with Crippen molar-refractivity contribution in [3.05, 3.63) is 64.2 Å². The molecule has 0 radical (unpaired) electrons. The lowest BCUT2D eigenvalue weighted by molar-refractivity contribution is -0.159. The molecule has 1 N–H and O–H groups in total. The number of hydrogen-bond acceptors (Lipinski definition) is 4. The third-order valence-corrected chi connectivity index (χ3v) is 5.81. The number of aryl methyl sites for hydroxylation is 3. The van der Waals surface area contributed by atoms with Crippen LogP contribution in [-0.4, -0.2) is 17.0 Å². The average Bonchev–Trinajstić information content (AvgIpc) is 2.71. The molecule has 0 aliphatic carbocycles. The number of phenols is 1. The first-order chi connectivity index (χ1) is 15.3. The lowest BCUT2D eigenvalue weighted by Gasteiger charge is -2.28. The van der Waals surface area contributed by atoms with Gasteiger partial charge in [-0.05, 0) is 57.9 Å². The lowest BCUT2D eigenvalue weighted by atomic mass is 9.78. The Balaban J connectivity index is 1.96. The van der Waals surface area contributed by atoms with Gasteiger partial charge in [0.2, 0.25) is 0 Å². The molecule has 2 aromatic rings. The molecule has 0 unspecified atom stereocenters. The second-order valence-corrected chi connectivity index (χ2v) is 11.0. The first kappa shape index (κ1) is 26.6. The number of aromatic hydroxyl groups is 1. The van der Waals surface area contributed by atoms with Gasteiger partial charge in [-0.15, -0.1) is 0 Å². The summed E-state index contributed by atoms with van der Waals surface area (Å²) in [5.41, 5.74) is 4.57. The number of carbonyl (C=O) groups is 2. The quantitative estimate of drug-likeness (QED) is 0.363. The Morgan fingerprint density at radius 3 is 1.52 bits per heavy atom. The van der Waals surface area contributed by atoms with E-state index in [-0.39, 0.29) is 23.7 Å². The van der Waals surface area contributed by atoms with Crippen molar-refractivity contribution in [2.45, 2.75) is 97.8 Å². The van der Waals surface area contributed by atoms with E-state index in [0.29, 0.717) is 18.6 Å². The van der Waals surface area contributed by atoms with Gasteiger partial charge in [0.15, 0.2) is 0 Å². The molecule has 4 nitrogen and oxygen atoms in total. The van der Waals surface area contributed by atoms with Crippen LogP contribution in [0.1, 0.15) is 95.5 Å². The summed E-state index contributed by atoms with van der Waals surface area (Å²) < 4.78 is 5.05. The molecule has 0 saturated carbocycles. The van der Waals surface area contributed by atoms with Crippen LogP contribution in [0.2, 0.25) is 0 Å². The van der Waals surface area contributed by atoms with E-state index in [0.717, 1.165) is 35.1 Å². The minimum absolute atomic E-state index is 0.120. The highest BCUT2D eigenvalue weighted by Gasteiger charge is 2.26. The average molecular weight is 453 g/mol. The van der Waals surface area contributed by atoms with Crippen molar-refractivity contribution in [1.29, 1.82) is 0 Å². The van der Waals surface area contributed by atoms with Gasteiger partial charge in [-0.2, -0.15) is 0 Å². The summed E-state index contributed by atoms with van der Waals surface area (Å²) in [5.74, 6) is -0.686. The summed E-state index contributed by atoms with van der Waals surface area (Å²) in [6.07, 6.45) is 3.47. The first-order valence-electron chi connectivity index (χ1n) is 12.0. The molecule has 0 amide bonds. The minimum Gasteiger partial charge on any atom is -0.507 e. The van der Waals surface area contributed by atoms with E-state index >= 15 is 0 Å². The molecule has 2 aromatic carbocycles. The summed E-state index contributed by atoms with van der Waals surface area (Å²) in [5, 5.41) is 10.8. The Kier molecular flexibility index (Phi) is 8.88. The van der Waals surface area contributed by atoms with E-state index in [4.69, 9.17) is 4.74 Å². The minimum atomic E-state index is -0.513. The Morgan fingerprint density at radius 1 is 0.727 bits per heavy atom. The van der Waals surface area contributed by atoms with E-state index < -0.39 is 11.9 Å². The molecular formula is C29H40O4. The molecule has 0 heterocycles. The fourth-order valence-electron chi connectivity index (χ4n) is 3.87. The van der Waals surface area contributed by atoms with Gasteiger partial charge in [-0.3, -0.25) is 9.59 Å². The molecule has 33 heavy (non-hydrogen) atoms. The topological polar surface area (TPSA) is 63.6 Å². The molecule has 0 atom stereocenters. The lowest BCUT2D eigenvalue weighted by Crippen LogP contribution is -2.18. The van der Waals surface area contributed by atoms with Gasteiger partial charge in [0.1, 0.15) is 5.75 Å². The van der Waals surface area contributed by atoms with Crippen LogP contribution in [0.4, 0.5) is 0 Å². The largest absolute Gasteiger partial charge is 0.507 e. The second kappa shape index (κ2) is 11.0. The molecule has 4 heteroatoms. The number of hydrogen-bond donors (Lipinski definition) is 1. The second-order valence-electron chi connectivity index (χ2n) is 11.0. The van der Waals surface area contributed by atoms with Crippen molar-refractivity contribution < 1.29 is 19.4 Å². The fourth-order valence-corrected chi connectivity index (χ4v) is 3.87. The molecule has 180 valence electrons. The zero-order valence-corrected chi connectivity index (χ0v) is 21.4. The Morgan fingerprint density at radius 2 is 1.12 bits per heavy atom. The van der Waals surface area contributed by atoms with Crippen LogP contribution in [0.25, 0.3) is 0 Å². The van der Waals surface area contributed by atoms with Crippen LogP contribution in [0.3, 0.4) is 0 Å². The molecule has 0 aliphatic heterocycles. The highest BCUT2D eigenvalue weighted by atomic mass is 16.6. The maximum Gasteiger partial charge on any atom is 0.313 e. The molecule has 0 aliphatic rings. The smallest absolute Gasteiger partial charge is 0.313 e. The van der Waals surface area contributed by atoms with Crippen LogP contribution in [0, 0.1) is 0 Å². The Labute approximate surface area is 199 Å². The number of benzene rings is 2. The van der Waals surface area contributed by atoms with Crippen LogP contribution < -0.4 is 0 Å². The number of carbonyl (C=O) groups excluding carboxylic acids is 2. The maximum atomic E-state index is 12.3. The van der Waals surface area contributed by atoms with E-state index in [9.17, 15) is 14.7 Å². The zero-order valence-electron chi connectivity index (χ0n) is 21.4. The van der Waals surface area contributed by atoms with Crippen LogP contribution >= 0.6 is 0 Å². The number of rotatable bonds is 8. The van der Waals surface area contributed by atoms with Gasteiger partial charge >= 0.3 is 11.9 Å². The summed E-state index contributed by atoms with van der Waals surface area (Å²) in [4.78, 5) is 24.4. The van der Waals surface area contributed by atoms with Gasteiger partial charge in [0, 0.05) is 0 Å². The monoisotopic (exact) mass is 452 g/mol.